The second kappa shape index (κ2) is 7.81. The fourth-order valence-electron chi connectivity index (χ4n) is 3.07. The number of imidazole rings is 1. The zero-order valence-electron chi connectivity index (χ0n) is 16.7. The second-order valence-electron chi connectivity index (χ2n) is 7.56. The van der Waals surface area contributed by atoms with E-state index in [1.807, 2.05) is 20.8 Å². The van der Waals surface area contributed by atoms with Crippen LogP contribution in [0.4, 0.5) is 23.4 Å². The highest BCUT2D eigenvalue weighted by molar-refractivity contribution is 6.04. The third kappa shape index (κ3) is 4.00. The van der Waals surface area contributed by atoms with Gasteiger partial charge in [0.15, 0.2) is 5.82 Å². The van der Waals surface area contributed by atoms with Gasteiger partial charge in [0.25, 0.3) is 5.91 Å². The van der Waals surface area contributed by atoms with Gasteiger partial charge in [0.1, 0.15) is 28.8 Å². The van der Waals surface area contributed by atoms with Crippen molar-refractivity contribution in [3.8, 4) is 11.7 Å². The molecule has 30 heavy (non-hydrogen) atoms. The molecule has 0 unspecified atom stereocenters. The molecular weight excluding hydrogens is 402 g/mol. The molecule has 5 nitrogen and oxygen atoms in total. The molecule has 0 fully saturated rings. The summed E-state index contributed by atoms with van der Waals surface area (Å²) in [5.74, 6) is -5.40. The monoisotopic (exact) mass is 421 g/mol. The summed E-state index contributed by atoms with van der Waals surface area (Å²) in [6, 6.07) is 6.41. The van der Waals surface area contributed by atoms with E-state index in [1.54, 1.807) is 4.57 Å². The standard InChI is InChI=1S/C21H19F4N3O2/c1-21(2,3)17-18(26-19(29)16-14(24)9-12(23)10-15(16)25)27-20(30-4)28(17)13-7-5-11(22)6-8-13/h5-10H,1-4H3,(H,26,29). The zero-order chi connectivity index (χ0) is 22.2. The largest absolute Gasteiger partial charge is 0.468 e. The van der Waals surface area contributed by atoms with Gasteiger partial charge < -0.3 is 10.1 Å². The SMILES string of the molecule is COc1nc(NC(=O)c2c(F)cc(F)cc2F)c(C(C)(C)C)n1-c1ccc(F)cc1. The predicted molar refractivity (Wildman–Crippen MR) is 103 cm³/mol. The Morgan fingerprint density at radius 3 is 2.07 bits per heavy atom. The average molecular weight is 421 g/mol. The molecule has 9 heteroatoms. The predicted octanol–water partition coefficient (Wildman–Crippen LogP) is 4.99. The quantitative estimate of drug-likeness (QED) is 0.604. The molecule has 0 atom stereocenters. The Morgan fingerprint density at radius 1 is 1.00 bits per heavy atom. The average Bonchev–Trinajstić information content (AvgIpc) is 3.00. The minimum Gasteiger partial charge on any atom is -0.468 e. The number of anilines is 1. The molecule has 0 radical (unpaired) electrons. The van der Waals surface area contributed by atoms with Gasteiger partial charge >= 0.3 is 6.01 Å². The molecule has 1 heterocycles. The van der Waals surface area contributed by atoms with Gasteiger partial charge in [-0.1, -0.05) is 20.8 Å². The number of carbonyl (C=O) groups is 1. The first-order chi connectivity index (χ1) is 14.0. The summed E-state index contributed by atoms with van der Waals surface area (Å²) >= 11 is 0. The molecule has 158 valence electrons. The number of rotatable bonds is 4. The van der Waals surface area contributed by atoms with E-state index in [0.717, 1.165) is 0 Å². The van der Waals surface area contributed by atoms with Gasteiger partial charge in [0, 0.05) is 17.5 Å². The Morgan fingerprint density at radius 2 is 1.57 bits per heavy atom. The molecule has 3 rings (SSSR count). The maximum atomic E-state index is 14.0. The molecule has 1 amide bonds. The first kappa shape index (κ1) is 21.4. The van der Waals surface area contributed by atoms with Crippen LogP contribution in [0.2, 0.25) is 0 Å². The minimum absolute atomic E-state index is 0.00296. The van der Waals surface area contributed by atoms with Crippen molar-refractivity contribution in [3.63, 3.8) is 0 Å². The Hall–Kier alpha value is -3.36. The van der Waals surface area contributed by atoms with Crippen molar-refractivity contribution in [2.45, 2.75) is 26.2 Å². The van der Waals surface area contributed by atoms with Crippen molar-refractivity contribution >= 4 is 11.7 Å². The van der Waals surface area contributed by atoms with Gasteiger partial charge in [0.2, 0.25) is 0 Å². The van der Waals surface area contributed by atoms with E-state index in [2.05, 4.69) is 10.3 Å². The smallest absolute Gasteiger partial charge is 0.303 e. The Kier molecular flexibility index (Phi) is 5.56. The Labute approximate surface area is 170 Å². The number of nitrogens with one attached hydrogen (secondary N) is 1. The normalized spacial score (nSPS) is 11.5. The van der Waals surface area contributed by atoms with Crippen molar-refractivity contribution < 1.29 is 27.1 Å². The maximum absolute atomic E-state index is 14.0. The van der Waals surface area contributed by atoms with Crippen LogP contribution in [0, 0.1) is 23.3 Å². The lowest BCUT2D eigenvalue weighted by Crippen LogP contribution is -2.22. The molecule has 1 aromatic heterocycles. The van der Waals surface area contributed by atoms with Crippen molar-refractivity contribution in [3.05, 3.63) is 70.9 Å². The lowest BCUT2D eigenvalue weighted by Gasteiger charge is -2.23. The van der Waals surface area contributed by atoms with E-state index in [4.69, 9.17) is 4.74 Å². The van der Waals surface area contributed by atoms with E-state index in [1.165, 1.54) is 31.4 Å². The van der Waals surface area contributed by atoms with Crippen LogP contribution in [-0.4, -0.2) is 22.6 Å². The van der Waals surface area contributed by atoms with Crippen LogP contribution in [-0.2, 0) is 5.41 Å². The molecule has 2 aromatic carbocycles. The van der Waals surface area contributed by atoms with E-state index >= 15 is 0 Å². The highest BCUT2D eigenvalue weighted by atomic mass is 19.1. The number of amides is 1. The van der Waals surface area contributed by atoms with Crippen LogP contribution in [0.3, 0.4) is 0 Å². The highest BCUT2D eigenvalue weighted by Gasteiger charge is 2.31. The van der Waals surface area contributed by atoms with Gasteiger partial charge in [0.05, 0.1) is 18.5 Å². The number of nitrogens with zero attached hydrogens (tertiary/aromatic N) is 2. The Balaban J connectivity index is 2.14. The van der Waals surface area contributed by atoms with Crippen LogP contribution < -0.4 is 10.1 Å². The minimum atomic E-state index is -1.34. The molecular formula is C21H19F4N3O2. The van der Waals surface area contributed by atoms with Gasteiger partial charge in [-0.3, -0.25) is 9.36 Å². The molecule has 0 aliphatic rings. The topological polar surface area (TPSA) is 56.1 Å². The number of methoxy groups -OCH3 is 1. The maximum Gasteiger partial charge on any atom is 0.303 e. The molecule has 0 saturated carbocycles. The number of hydrogen-bond acceptors (Lipinski definition) is 3. The Bertz CT molecular complexity index is 1080. The number of ether oxygens (including phenoxy) is 1. The fraction of sp³-hybridized carbons (Fsp3) is 0.238. The van der Waals surface area contributed by atoms with Crippen LogP contribution in [0.1, 0.15) is 36.8 Å². The van der Waals surface area contributed by atoms with Crippen LogP contribution >= 0.6 is 0 Å². The van der Waals surface area contributed by atoms with E-state index in [0.29, 0.717) is 23.5 Å². The molecule has 1 N–H and O–H groups in total. The first-order valence-electron chi connectivity index (χ1n) is 8.92. The highest BCUT2D eigenvalue weighted by Crippen LogP contribution is 2.36. The molecule has 0 aliphatic carbocycles. The number of halogens is 4. The van der Waals surface area contributed by atoms with Gasteiger partial charge in [-0.25, -0.2) is 17.6 Å². The summed E-state index contributed by atoms with van der Waals surface area (Å²) in [5, 5.41) is 2.38. The third-order valence-electron chi connectivity index (χ3n) is 4.29. The van der Waals surface area contributed by atoms with E-state index in [9.17, 15) is 22.4 Å². The molecule has 0 saturated heterocycles. The van der Waals surface area contributed by atoms with Crippen molar-refractivity contribution in [1.82, 2.24) is 9.55 Å². The molecule has 0 spiro atoms. The summed E-state index contributed by atoms with van der Waals surface area (Å²) in [5.41, 5.74) is -0.611. The molecule has 3 aromatic rings. The summed E-state index contributed by atoms with van der Waals surface area (Å²) in [6.45, 7) is 5.49. The van der Waals surface area contributed by atoms with Gasteiger partial charge in [-0.05, 0) is 24.3 Å². The van der Waals surface area contributed by atoms with E-state index in [-0.39, 0.29) is 11.8 Å². The van der Waals surface area contributed by atoms with Crippen molar-refractivity contribution in [2.24, 2.45) is 0 Å². The summed E-state index contributed by atoms with van der Waals surface area (Å²) < 4.78 is 61.5. The van der Waals surface area contributed by atoms with E-state index < -0.39 is 40.2 Å². The second-order valence-corrected chi connectivity index (χ2v) is 7.56. The lowest BCUT2D eigenvalue weighted by atomic mass is 9.91. The summed E-state index contributed by atoms with van der Waals surface area (Å²) in [7, 11) is 1.36. The number of benzene rings is 2. The fourth-order valence-corrected chi connectivity index (χ4v) is 3.07. The van der Waals surface area contributed by atoms with Crippen molar-refractivity contribution in [2.75, 3.05) is 12.4 Å². The number of carbonyl (C=O) groups excluding carboxylic acids is 1. The molecule has 0 bridgehead atoms. The van der Waals surface area contributed by atoms with Crippen LogP contribution in [0.25, 0.3) is 5.69 Å². The van der Waals surface area contributed by atoms with Gasteiger partial charge in [-0.15, -0.1) is 0 Å². The zero-order valence-corrected chi connectivity index (χ0v) is 16.7. The lowest BCUT2D eigenvalue weighted by molar-refractivity contribution is 0.101. The summed E-state index contributed by atoms with van der Waals surface area (Å²) in [6.07, 6.45) is 0. The van der Waals surface area contributed by atoms with Crippen LogP contribution in [0.5, 0.6) is 6.01 Å². The summed E-state index contributed by atoms with van der Waals surface area (Å²) in [4.78, 5) is 16.8. The van der Waals surface area contributed by atoms with Gasteiger partial charge in [-0.2, -0.15) is 4.98 Å². The van der Waals surface area contributed by atoms with Crippen LogP contribution in [0.15, 0.2) is 36.4 Å². The first-order valence-corrected chi connectivity index (χ1v) is 8.92. The third-order valence-corrected chi connectivity index (χ3v) is 4.29. The molecule has 0 aliphatic heterocycles. The number of aromatic nitrogens is 2. The number of hydrogen-bond donors (Lipinski definition) is 1. The van der Waals surface area contributed by atoms with Crippen molar-refractivity contribution in [1.29, 1.82) is 0 Å².